The van der Waals surface area contributed by atoms with Gasteiger partial charge in [-0.2, -0.15) is 0 Å². The summed E-state index contributed by atoms with van der Waals surface area (Å²) in [5, 5.41) is 3.76. The first-order valence-electron chi connectivity index (χ1n) is 8.75. The number of nitrogens with zero attached hydrogens (tertiary/aromatic N) is 2. The number of carbonyl (C=O) groups is 1. The van der Waals surface area contributed by atoms with Gasteiger partial charge in [0.2, 0.25) is 0 Å². The standard InChI is InChI=1S/C19H25N3O4/c1-13-8-18(23)26-17-9-15(4-5-16(13)17)20-19(24)22-6-7-25-12-14(11-22)10-21(2)3/h4-5,8-9,14H,6-7,10-12H2,1-3H3,(H,20,24)/t14-/m1/s1. The van der Waals surface area contributed by atoms with Crippen LogP contribution >= 0.6 is 0 Å². The van der Waals surface area contributed by atoms with Gasteiger partial charge in [0.05, 0.1) is 13.2 Å². The molecule has 0 aliphatic carbocycles. The van der Waals surface area contributed by atoms with Crippen molar-refractivity contribution in [3.63, 3.8) is 0 Å². The average Bonchev–Trinajstić information content (AvgIpc) is 2.79. The Labute approximate surface area is 152 Å². The average molecular weight is 359 g/mol. The SMILES string of the molecule is Cc1cc(=O)oc2cc(NC(=O)N3CCOC[C@H](CN(C)C)C3)ccc12. The minimum Gasteiger partial charge on any atom is -0.423 e. The van der Waals surface area contributed by atoms with Crippen LogP contribution in [0.15, 0.2) is 33.5 Å². The van der Waals surface area contributed by atoms with Gasteiger partial charge in [0.1, 0.15) is 5.58 Å². The van der Waals surface area contributed by atoms with Gasteiger partial charge in [-0.15, -0.1) is 0 Å². The zero-order valence-electron chi connectivity index (χ0n) is 15.4. The molecular weight excluding hydrogens is 334 g/mol. The molecule has 2 aromatic rings. The van der Waals surface area contributed by atoms with Crippen LogP contribution in [0.5, 0.6) is 0 Å². The van der Waals surface area contributed by atoms with Gasteiger partial charge in [0, 0.05) is 48.8 Å². The lowest BCUT2D eigenvalue weighted by atomic mass is 10.1. The van der Waals surface area contributed by atoms with Crippen molar-refractivity contribution in [2.45, 2.75) is 6.92 Å². The Bertz CT molecular complexity index is 846. The molecule has 140 valence electrons. The number of hydrogen-bond acceptors (Lipinski definition) is 5. The summed E-state index contributed by atoms with van der Waals surface area (Å²) in [6.45, 7) is 5.11. The molecule has 0 bridgehead atoms. The monoisotopic (exact) mass is 359 g/mol. The van der Waals surface area contributed by atoms with E-state index in [0.29, 0.717) is 37.6 Å². The van der Waals surface area contributed by atoms with Gasteiger partial charge in [0.25, 0.3) is 0 Å². The minimum absolute atomic E-state index is 0.173. The second-order valence-corrected chi connectivity index (χ2v) is 7.04. The Kier molecular flexibility index (Phi) is 5.58. The van der Waals surface area contributed by atoms with Crippen molar-refractivity contribution < 1.29 is 13.9 Å². The quantitative estimate of drug-likeness (QED) is 0.850. The number of rotatable bonds is 3. The number of hydrogen-bond donors (Lipinski definition) is 1. The second kappa shape index (κ2) is 7.88. The van der Waals surface area contributed by atoms with E-state index in [-0.39, 0.29) is 11.9 Å². The van der Waals surface area contributed by atoms with Gasteiger partial charge in [-0.25, -0.2) is 9.59 Å². The summed E-state index contributed by atoms with van der Waals surface area (Å²) >= 11 is 0. The van der Waals surface area contributed by atoms with E-state index in [1.807, 2.05) is 33.2 Å². The number of anilines is 1. The number of ether oxygens (including phenoxy) is 1. The maximum Gasteiger partial charge on any atom is 0.336 e. The van der Waals surface area contributed by atoms with Crippen molar-refractivity contribution in [2.24, 2.45) is 5.92 Å². The van der Waals surface area contributed by atoms with E-state index < -0.39 is 5.63 Å². The largest absolute Gasteiger partial charge is 0.423 e. The number of nitrogens with one attached hydrogen (secondary N) is 1. The smallest absolute Gasteiger partial charge is 0.336 e. The maximum atomic E-state index is 12.7. The third-order valence-electron chi connectivity index (χ3n) is 4.45. The summed E-state index contributed by atoms with van der Waals surface area (Å²) in [4.78, 5) is 28.1. The summed E-state index contributed by atoms with van der Waals surface area (Å²) in [6, 6.07) is 6.65. The number of carbonyl (C=O) groups excluding carboxylic acids is 1. The van der Waals surface area contributed by atoms with E-state index in [4.69, 9.17) is 9.15 Å². The summed E-state index contributed by atoms with van der Waals surface area (Å²) < 4.78 is 10.9. The molecule has 1 N–H and O–H groups in total. The Hall–Kier alpha value is -2.38. The van der Waals surface area contributed by atoms with Crippen molar-refractivity contribution >= 4 is 22.7 Å². The van der Waals surface area contributed by atoms with Crippen LogP contribution in [0.1, 0.15) is 5.56 Å². The van der Waals surface area contributed by atoms with Crippen molar-refractivity contribution in [3.05, 3.63) is 40.2 Å². The van der Waals surface area contributed by atoms with E-state index in [1.54, 1.807) is 11.0 Å². The summed E-state index contributed by atoms with van der Waals surface area (Å²) in [6.07, 6.45) is 0. The highest BCUT2D eigenvalue weighted by atomic mass is 16.5. The zero-order chi connectivity index (χ0) is 18.7. The molecule has 26 heavy (non-hydrogen) atoms. The molecule has 1 aromatic heterocycles. The van der Waals surface area contributed by atoms with E-state index in [1.165, 1.54) is 6.07 Å². The third-order valence-corrected chi connectivity index (χ3v) is 4.45. The topological polar surface area (TPSA) is 75.0 Å². The molecule has 1 aliphatic heterocycles. The van der Waals surface area contributed by atoms with Crippen molar-refractivity contribution in [1.82, 2.24) is 9.80 Å². The Balaban J connectivity index is 1.74. The van der Waals surface area contributed by atoms with Crippen LogP contribution in [-0.4, -0.2) is 62.8 Å². The molecule has 0 spiro atoms. The number of aryl methyl sites for hydroxylation is 1. The summed E-state index contributed by atoms with van der Waals surface area (Å²) in [7, 11) is 4.03. The number of urea groups is 1. The van der Waals surface area contributed by atoms with Crippen molar-refractivity contribution in [2.75, 3.05) is 52.3 Å². The van der Waals surface area contributed by atoms with Crippen LogP contribution in [0.3, 0.4) is 0 Å². The predicted molar refractivity (Wildman–Crippen MR) is 101 cm³/mol. The molecule has 2 heterocycles. The first kappa shape index (κ1) is 18.4. The van der Waals surface area contributed by atoms with E-state index in [9.17, 15) is 9.59 Å². The molecular formula is C19H25N3O4. The highest BCUT2D eigenvalue weighted by Crippen LogP contribution is 2.21. The molecule has 2 amide bonds. The van der Waals surface area contributed by atoms with Gasteiger partial charge in [-0.3, -0.25) is 0 Å². The predicted octanol–water partition coefficient (Wildman–Crippen LogP) is 2.14. The third kappa shape index (κ3) is 4.42. The van der Waals surface area contributed by atoms with E-state index >= 15 is 0 Å². The normalized spacial score (nSPS) is 18.2. The van der Waals surface area contributed by atoms with Crippen LogP contribution in [0.25, 0.3) is 11.0 Å². The molecule has 0 radical (unpaired) electrons. The minimum atomic E-state index is -0.394. The summed E-state index contributed by atoms with van der Waals surface area (Å²) in [5.41, 5.74) is 1.53. The fourth-order valence-electron chi connectivity index (χ4n) is 3.30. The number of fused-ring (bicyclic) bond motifs is 1. The van der Waals surface area contributed by atoms with Gasteiger partial charge in [-0.1, -0.05) is 0 Å². The fraction of sp³-hybridized carbons (Fsp3) is 0.474. The molecule has 1 atom stereocenters. The van der Waals surface area contributed by atoms with Gasteiger partial charge >= 0.3 is 11.7 Å². The lowest BCUT2D eigenvalue weighted by Gasteiger charge is -2.25. The highest BCUT2D eigenvalue weighted by Gasteiger charge is 2.23. The van der Waals surface area contributed by atoms with Gasteiger partial charge in [0.15, 0.2) is 0 Å². The highest BCUT2D eigenvalue weighted by molar-refractivity contribution is 5.92. The van der Waals surface area contributed by atoms with Crippen LogP contribution in [-0.2, 0) is 4.74 Å². The number of amides is 2. The van der Waals surface area contributed by atoms with Gasteiger partial charge in [-0.05, 0) is 38.7 Å². The molecule has 1 aliphatic rings. The van der Waals surface area contributed by atoms with E-state index in [2.05, 4.69) is 10.2 Å². The van der Waals surface area contributed by atoms with Crippen LogP contribution in [0.2, 0.25) is 0 Å². The first-order valence-corrected chi connectivity index (χ1v) is 8.75. The lowest BCUT2D eigenvalue weighted by molar-refractivity contribution is 0.112. The second-order valence-electron chi connectivity index (χ2n) is 7.04. The molecule has 1 aromatic carbocycles. The van der Waals surface area contributed by atoms with Crippen LogP contribution in [0, 0.1) is 12.8 Å². The van der Waals surface area contributed by atoms with Crippen molar-refractivity contribution in [1.29, 1.82) is 0 Å². The molecule has 0 saturated carbocycles. The Morgan fingerprint density at radius 1 is 1.35 bits per heavy atom. The molecule has 0 unspecified atom stereocenters. The Morgan fingerprint density at radius 2 is 2.15 bits per heavy atom. The first-order chi connectivity index (χ1) is 12.4. The molecule has 7 nitrogen and oxygen atoms in total. The van der Waals surface area contributed by atoms with Crippen molar-refractivity contribution in [3.8, 4) is 0 Å². The molecule has 1 saturated heterocycles. The fourth-order valence-corrected chi connectivity index (χ4v) is 3.30. The molecule has 3 rings (SSSR count). The lowest BCUT2D eigenvalue weighted by Crippen LogP contribution is -2.41. The zero-order valence-corrected chi connectivity index (χ0v) is 15.4. The number of benzene rings is 1. The Morgan fingerprint density at radius 3 is 2.92 bits per heavy atom. The molecule has 7 heteroatoms. The maximum absolute atomic E-state index is 12.7. The van der Waals surface area contributed by atoms with Gasteiger partial charge < -0.3 is 24.3 Å². The molecule has 1 fully saturated rings. The van der Waals surface area contributed by atoms with Crippen LogP contribution in [0.4, 0.5) is 10.5 Å². The van der Waals surface area contributed by atoms with E-state index in [0.717, 1.165) is 17.5 Å². The van der Waals surface area contributed by atoms with Crippen LogP contribution < -0.4 is 10.9 Å². The summed E-state index contributed by atoms with van der Waals surface area (Å²) in [5.74, 6) is 0.274.